The molecule has 7 heteroatoms. The average molecular weight is 349 g/mol. The van der Waals surface area contributed by atoms with Crippen LogP contribution < -0.4 is 0 Å². The zero-order valence-corrected chi connectivity index (χ0v) is 14.7. The molecule has 1 saturated heterocycles. The number of sulfone groups is 1. The molecular formula is C17H23N3O3S. The minimum Gasteiger partial charge on any atom is -0.377 e. The van der Waals surface area contributed by atoms with Crippen LogP contribution in [0.1, 0.15) is 31.2 Å². The highest BCUT2D eigenvalue weighted by Crippen LogP contribution is 2.19. The highest BCUT2D eigenvalue weighted by molar-refractivity contribution is 7.91. The summed E-state index contributed by atoms with van der Waals surface area (Å²) in [7, 11) is -3.48. The molecule has 1 aliphatic heterocycles. The Labute approximate surface area is 142 Å². The summed E-state index contributed by atoms with van der Waals surface area (Å²) in [5.74, 6) is 0.705. The van der Waals surface area contributed by atoms with Crippen LogP contribution in [0.25, 0.3) is 0 Å². The van der Waals surface area contributed by atoms with Crippen LogP contribution in [0.2, 0.25) is 0 Å². The zero-order valence-electron chi connectivity index (χ0n) is 13.9. The quantitative estimate of drug-likeness (QED) is 0.765. The third-order valence-corrected chi connectivity index (χ3v) is 5.97. The largest absolute Gasteiger partial charge is 0.377 e. The second-order valence-corrected chi connectivity index (χ2v) is 7.97. The number of aromatic nitrogens is 3. The maximum absolute atomic E-state index is 12.7. The van der Waals surface area contributed by atoms with Gasteiger partial charge in [0.05, 0.1) is 11.9 Å². The second-order valence-electron chi connectivity index (χ2n) is 6.05. The SMILES string of the molecule is CCn1c(CCc2ccccc2)nnc1S(=O)(=O)CC1CCCO1. The summed E-state index contributed by atoms with van der Waals surface area (Å²) in [6.07, 6.45) is 2.97. The van der Waals surface area contributed by atoms with E-state index in [9.17, 15) is 8.42 Å². The number of aryl methyl sites for hydroxylation is 2. The Hall–Kier alpha value is -1.73. The molecule has 0 aliphatic carbocycles. The lowest BCUT2D eigenvalue weighted by molar-refractivity contribution is 0.127. The summed E-state index contributed by atoms with van der Waals surface area (Å²) in [5, 5.41) is 8.19. The Kier molecular flexibility index (Phi) is 5.30. The van der Waals surface area contributed by atoms with Gasteiger partial charge in [0.15, 0.2) is 0 Å². The van der Waals surface area contributed by atoms with Crippen molar-refractivity contribution in [2.75, 3.05) is 12.4 Å². The van der Waals surface area contributed by atoms with Crippen molar-refractivity contribution in [2.45, 2.75) is 50.4 Å². The van der Waals surface area contributed by atoms with E-state index in [0.717, 1.165) is 19.3 Å². The monoisotopic (exact) mass is 349 g/mol. The third kappa shape index (κ3) is 3.84. The third-order valence-electron chi connectivity index (χ3n) is 4.30. The van der Waals surface area contributed by atoms with E-state index in [2.05, 4.69) is 22.3 Å². The minimum atomic E-state index is -3.48. The molecule has 1 aromatic heterocycles. The van der Waals surface area contributed by atoms with E-state index in [-0.39, 0.29) is 17.0 Å². The van der Waals surface area contributed by atoms with E-state index >= 15 is 0 Å². The predicted octanol–water partition coefficient (Wildman–Crippen LogP) is 2.04. The first-order chi connectivity index (χ1) is 11.6. The molecule has 1 atom stereocenters. The topological polar surface area (TPSA) is 74.1 Å². The summed E-state index contributed by atoms with van der Waals surface area (Å²) in [6, 6.07) is 10.1. The van der Waals surface area contributed by atoms with Gasteiger partial charge in [0.1, 0.15) is 5.82 Å². The van der Waals surface area contributed by atoms with Crippen LogP contribution >= 0.6 is 0 Å². The van der Waals surface area contributed by atoms with E-state index in [1.54, 1.807) is 4.57 Å². The molecule has 1 aliphatic rings. The second kappa shape index (κ2) is 7.44. The van der Waals surface area contributed by atoms with Gasteiger partial charge >= 0.3 is 0 Å². The van der Waals surface area contributed by atoms with Crippen molar-refractivity contribution in [3.05, 3.63) is 41.7 Å². The molecule has 1 aromatic carbocycles. The summed E-state index contributed by atoms with van der Waals surface area (Å²) >= 11 is 0. The van der Waals surface area contributed by atoms with Crippen LogP contribution in [0.5, 0.6) is 0 Å². The maximum atomic E-state index is 12.7. The fourth-order valence-electron chi connectivity index (χ4n) is 3.05. The Bertz CT molecular complexity index is 766. The summed E-state index contributed by atoms with van der Waals surface area (Å²) < 4.78 is 32.5. The first-order valence-electron chi connectivity index (χ1n) is 8.40. The summed E-state index contributed by atoms with van der Waals surface area (Å²) in [5.41, 5.74) is 1.20. The number of ether oxygens (including phenoxy) is 1. The van der Waals surface area contributed by atoms with E-state index in [1.807, 2.05) is 25.1 Å². The van der Waals surface area contributed by atoms with Crippen LogP contribution in [0, 0.1) is 0 Å². The molecule has 2 heterocycles. The Morgan fingerprint density at radius 3 is 2.67 bits per heavy atom. The fourth-order valence-corrected chi connectivity index (χ4v) is 4.68. The van der Waals surface area contributed by atoms with Gasteiger partial charge in [-0.3, -0.25) is 0 Å². The Morgan fingerprint density at radius 2 is 2.00 bits per heavy atom. The smallest absolute Gasteiger partial charge is 0.249 e. The molecule has 0 spiro atoms. The number of benzene rings is 1. The van der Waals surface area contributed by atoms with Gasteiger partial charge in [0.25, 0.3) is 0 Å². The number of hydrogen-bond donors (Lipinski definition) is 0. The van der Waals surface area contributed by atoms with E-state index in [1.165, 1.54) is 5.56 Å². The minimum absolute atomic E-state index is 0.0101. The van der Waals surface area contributed by atoms with Crippen LogP contribution in [0.3, 0.4) is 0 Å². The first-order valence-corrected chi connectivity index (χ1v) is 10.1. The van der Waals surface area contributed by atoms with Gasteiger partial charge in [-0.1, -0.05) is 30.3 Å². The molecule has 24 heavy (non-hydrogen) atoms. The van der Waals surface area contributed by atoms with Crippen LogP contribution in [0.4, 0.5) is 0 Å². The van der Waals surface area contributed by atoms with Crippen LogP contribution in [-0.4, -0.2) is 41.6 Å². The van der Waals surface area contributed by atoms with Crippen molar-refractivity contribution in [3.8, 4) is 0 Å². The van der Waals surface area contributed by atoms with Gasteiger partial charge in [0, 0.05) is 19.6 Å². The van der Waals surface area contributed by atoms with E-state index < -0.39 is 9.84 Å². The lowest BCUT2D eigenvalue weighted by Crippen LogP contribution is -2.23. The van der Waals surface area contributed by atoms with Crippen molar-refractivity contribution in [2.24, 2.45) is 0 Å². The molecule has 0 saturated carbocycles. The number of hydrogen-bond acceptors (Lipinski definition) is 5. The van der Waals surface area contributed by atoms with E-state index in [4.69, 9.17) is 4.74 Å². The lowest BCUT2D eigenvalue weighted by Gasteiger charge is -2.11. The summed E-state index contributed by atoms with van der Waals surface area (Å²) in [6.45, 7) is 3.10. The molecule has 3 rings (SSSR count). The molecule has 2 aromatic rings. The Morgan fingerprint density at radius 1 is 1.21 bits per heavy atom. The normalized spacial score (nSPS) is 18.1. The first kappa shape index (κ1) is 17.1. The molecule has 0 radical (unpaired) electrons. The molecule has 0 N–H and O–H groups in total. The Balaban J connectivity index is 1.76. The summed E-state index contributed by atoms with van der Waals surface area (Å²) in [4.78, 5) is 0. The van der Waals surface area contributed by atoms with Crippen molar-refractivity contribution < 1.29 is 13.2 Å². The van der Waals surface area contributed by atoms with Crippen molar-refractivity contribution >= 4 is 9.84 Å². The standard InChI is InChI=1S/C17H23N3O3S/c1-2-20-16(11-10-14-7-4-3-5-8-14)18-19-17(20)24(21,22)13-15-9-6-12-23-15/h3-5,7-8,15H,2,6,9-13H2,1H3. The molecule has 0 bridgehead atoms. The number of nitrogens with zero attached hydrogens (tertiary/aromatic N) is 3. The van der Waals surface area contributed by atoms with Crippen molar-refractivity contribution in [1.29, 1.82) is 0 Å². The van der Waals surface area contributed by atoms with Crippen molar-refractivity contribution in [3.63, 3.8) is 0 Å². The predicted molar refractivity (Wildman–Crippen MR) is 90.6 cm³/mol. The molecule has 1 fully saturated rings. The van der Waals surface area contributed by atoms with Gasteiger partial charge in [-0.25, -0.2) is 8.42 Å². The molecule has 0 amide bonds. The zero-order chi connectivity index (χ0) is 17.0. The van der Waals surface area contributed by atoms with Gasteiger partial charge in [-0.2, -0.15) is 0 Å². The fraction of sp³-hybridized carbons (Fsp3) is 0.529. The van der Waals surface area contributed by atoms with Gasteiger partial charge in [-0.15, -0.1) is 10.2 Å². The van der Waals surface area contributed by atoms with Crippen LogP contribution in [-0.2, 0) is 34.0 Å². The molecule has 6 nitrogen and oxygen atoms in total. The lowest BCUT2D eigenvalue weighted by atomic mass is 10.1. The highest BCUT2D eigenvalue weighted by atomic mass is 32.2. The van der Waals surface area contributed by atoms with Crippen LogP contribution in [0.15, 0.2) is 35.5 Å². The maximum Gasteiger partial charge on any atom is 0.249 e. The molecular weight excluding hydrogens is 326 g/mol. The van der Waals surface area contributed by atoms with E-state index in [0.29, 0.717) is 25.4 Å². The average Bonchev–Trinajstić information content (AvgIpc) is 3.22. The van der Waals surface area contributed by atoms with Gasteiger partial charge < -0.3 is 9.30 Å². The van der Waals surface area contributed by atoms with Gasteiger partial charge in [0.2, 0.25) is 15.0 Å². The highest BCUT2D eigenvalue weighted by Gasteiger charge is 2.29. The molecule has 130 valence electrons. The van der Waals surface area contributed by atoms with Crippen molar-refractivity contribution in [1.82, 2.24) is 14.8 Å². The number of rotatable bonds is 7. The molecule has 1 unspecified atom stereocenters. The van der Waals surface area contributed by atoms with Gasteiger partial charge in [-0.05, 0) is 31.7 Å².